The second-order valence-electron chi connectivity index (χ2n) is 4.14. The van der Waals surface area contributed by atoms with Crippen molar-refractivity contribution in [3.8, 4) is 0 Å². The van der Waals surface area contributed by atoms with Gasteiger partial charge < -0.3 is 5.32 Å². The third-order valence-corrected chi connectivity index (χ3v) is 2.87. The molecule has 0 bridgehead atoms. The molecule has 1 heterocycles. The van der Waals surface area contributed by atoms with E-state index in [2.05, 4.69) is 10.4 Å². The van der Waals surface area contributed by atoms with Gasteiger partial charge in [0.15, 0.2) is 17.3 Å². The summed E-state index contributed by atoms with van der Waals surface area (Å²) in [5.74, 6) is -2.37. The number of aromatic nitrogens is 2. The maximum atomic E-state index is 13.6. The standard InChI is InChI=1S/C12H12F2N4O2/c1-17-8(5-7-16-17)4-6-15-12-10(18(19)20)3-2-9(13)11(12)14/h2-3,5,7,15H,4,6H2,1H3. The topological polar surface area (TPSA) is 73.0 Å². The van der Waals surface area contributed by atoms with E-state index in [9.17, 15) is 18.9 Å². The van der Waals surface area contributed by atoms with E-state index in [-0.39, 0.29) is 6.54 Å². The number of rotatable bonds is 5. The summed E-state index contributed by atoms with van der Waals surface area (Å²) in [7, 11) is 1.75. The number of hydrogen-bond donors (Lipinski definition) is 1. The molecule has 8 heteroatoms. The van der Waals surface area contributed by atoms with Crippen molar-refractivity contribution in [1.82, 2.24) is 9.78 Å². The van der Waals surface area contributed by atoms with Crippen LogP contribution < -0.4 is 5.32 Å². The number of nitro benzene ring substituents is 1. The average molecular weight is 282 g/mol. The SMILES string of the molecule is Cn1nccc1CCNc1c([N+](=O)[O-])ccc(F)c1F. The van der Waals surface area contributed by atoms with Crippen molar-refractivity contribution in [2.45, 2.75) is 6.42 Å². The molecule has 1 aromatic carbocycles. The summed E-state index contributed by atoms with van der Waals surface area (Å²) >= 11 is 0. The van der Waals surface area contributed by atoms with Crippen molar-refractivity contribution in [1.29, 1.82) is 0 Å². The van der Waals surface area contributed by atoms with E-state index in [1.807, 2.05) is 0 Å². The lowest BCUT2D eigenvalue weighted by molar-refractivity contribution is -0.384. The Morgan fingerprint density at radius 3 is 2.75 bits per heavy atom. The molecule has 0 aliphatic rings. The highest BCUT2D eigenvalue weighted by molar-refractivity contribution is 5.62. The Morgan fingerprint density at radius 2 is 2.15 bits per heavy atom. The van der Waals surface area contributed by atoms with Gasteiger partial charge in [0.05, 0.1) is 4.92 Å². The molecular formula is C12H12F2N4O2. The van der Waals surface area contributed by atoms with E-state index >= 15 is 0 Å². The summed E-state index contributed by atoms with van der Waals surface area (Å²) in [5, 5.41) is 17.3. The van der Waals surface area contributed by atoms with Crippen molar-refractivity contribution in [3.05, 3.63) is 51.8 Å². The second kappa shape index (κ2) is 5.64. The molecule has 0 amide bonds. The zero-order chi connectivity index (χ0) is 14.7. The van der Waals surface area contributed by atoms with Gasteiger partial charge in [0, 0.05) is 38.0 Å². The van der Waals surface area contributed by atoms with E-state index < -0.39 is 27.9 Å². The van der Waals surface area contributed by atoms with E-state index in [0.717, 1.165) is 17.8 Å². The predicted molar refractivity (Wildman–Crippen MR) is 68.4 cm³/mol. The fourth-order valence-corrected chi connectivity index (χ4v) is 1.82. The first-order valence-electron chi connectivity index (χ1n) is 5.84. The number of nitro groups is 1. The van der Waals surface area contributed by atoms with Crippen LogP contribution in [0.25, 0.3) is 0 Å². The Bertz CT molecular complexity index is 642. The lowest BCUT2D eigenvalue weighted by Crippen LogP contribution is -2.11. The number of nitrogens with one attached hydrogen (secondary N) is 1. The Labute approximate surface area is 113 Å². The molecule has 0 fully saturated rings. The minimum absolute atomic E-state index is 0.223. The van der Waals surface area contributed by atoms with Crippen molar-refractivity contribution in [3.63, 3.8) is 0 Å². The van der Waals surface area contributed by atoms with Gasteiger partial charge in [-0.2, -0.15) is 5.10 Å². The number of nitrogens with zero attached hydrogens (tertiary/aromatic N) is 3. The Morgan fingerprint density at radius 1 is 1.40 bits per heavy atom. The molecule has 1 aromatic heterocycles. The number of hydrogen-bond acceptors (Lipinski definition) is 4. The highest BCUT2D eigenvalue weighted by Gasteiger charge is 2.21. The molecule has 0 aliphatic carbocycles. The first-order valence-corrected chi connectivity index (χ1v) is 5.84. The van der Waals surface area contributed by atoms with Crippen LogP contribution in [0.4, 0.5) is 20.2 Å². The maximum Gasteiger partial charge on any atom is 0.295 e. The highest BCUT2D eigenvalue weighted by Crippen LogP contribution is 2.28. The largest absolute Gasteiger partial charge is 0.377 e. The molecule has 0 saturated carbocycles. The van der Waals surface area contributed by atoms with Gasteiger partial charge >= 0.3 is 0 Å². The smallest absolute Gasteiger partial charge is 0.295 e. The molecule has 0 saturated heterocycles. The van der Waals surface area contributed by atoms with Crippen LogP contribution in [0.15, 0.2) is 24.4 Å². The number of aryl methyl sites for hydroxylation is 1. The quantitative estimate of drug-likeness (QED) is 0.674. The summed E-state index contributed by atoms with van der Waals surface area (Å²) < 4.78 is 28.4. The number of halogens is 2. The molecule has 0 radical (unpaired) electrons. The normalized spacial score (nSPS) is 10.6. The lowest BCUT2D eigenvalue weighted by atomic mass is 10.2. The Hall–Kier alpha value is -2.51. The van der Waals surface area contributed by atoms with Crippen LogP contribution in [0, 0.1) is 21.7 Å². The van der Waals surface area contributed by atoms with Gasteiger partial charge in [0.1, 0.15) is 0 Å². The summed E-state index contributed by atoms with van der Waals surface area (Å²) in [4.78, 5) is 10.0. The molecule has 2 aromatic rings. The zero-order valence-corrected chi connectivity index (χ0v) is 10.6. The van der Waals surface area contributed by atoms with Gasteiger partial charge in [-0.1, -0.05) is 0 Å². The molecule has 2 rings (SSSR count). The lowest BCUT2D eigenvalue weighted by Gasteiger charge is -2.08. The first-order chi connectivity index (χ1) is 9.50. The number of anilines is 1. The van der Waals surface area contributed by atoms with Crippen LogP contribution in [0.1, 0.15) is 5.69 Å². The van der Waals surface area contributed by atoms with Gasteiger partial charge in [-0.25, -0.2) is 8.78 Å². The van der Waals surface area contributed by atoms with E-state index in [1.54, 1.807) is 24.0 Å². The van der Waals surface area contributed by atoms with Crippen molar-refractivity contribution in [2.24, 2.45) is 7.05 Å². The molecule has 0 aliphatic heterocycles. The fraction of sp³-hybridized carbons (Fsp3) is 0.250. The van der Waals surface area contributed by atoms with Crippen LogP contribution in [0.2, 0.25) is 0 Å². The van der Waals surface area contributed by atoms with Crippen LogP contribution in [-0.4, -0.2) is 21.2 Å². The maximum absolute atomic E-state index is 13.6. The van der Waals surface area contributed by atoms with E-state index in [0.29, 0.717) is 6.42 Å². The van der Waals surface area contributed by atoms with Crippen LogP contribution in [-0.2, 0) is 13.5 Å². The third-order valence-electron chi connectivity index (χ3n) is 2.87. The predicted octanol–water partition coefficient (Wildman–Crippen LogP) is 2.26. The van der Waals surface area contributed by atoms with Gasteiger partial charge in [-0.15, -0.1) is 0 Å². The van der Waals surface area contributed by atoms with Crippen molar-refractivity contribution >= 4 is 11.4 Å². The Kier molecular flexibility index (Phi) is 3.92. The minimum Gasteiger partial charge on any atom is -0.377 e. The summed E-state index contributed by atoms with van der Waals surface area (Å²) in [6.45, 7) is 0.223. The van der Waals surface area contributed by atoms with Crippen molar-refractivity contribution in [2.75, 3.05) is 11.9 Å². The molecule has 20 heavy (non-hydrogen) atoms. The molecule has 6 nitrogen and oxygen atoms in total. The van der Waals surface area contributed by atoms with Crippen LogP contribution in [0.5, 0.6) is 0 Å². The molecule has 0 spiro atoms. The molecular weight excluding hydrogens is 270 g/mol. The summed E-state index contributed by atoms with van der Waals surface area (Å²) in [5.41, 5.74) is -0.0527. The molecule has 106 valence electrons. The average Bonchev–Trinajstić information content (AvgIpc) is 2.80. The Balaban J connectivity index is 2.14. The number of benzene rings is 1. The molecule has 0 atom stereocenters. The zero-order valence-electron chi connectivity index (χ0n) is 10.6. The summed E-state index contributed by atoms with van der Waals surface area (Å²) in [6.07, 6.45) is 2.09. The van der Waals surface area contributed by atoms with Crippen molar-refractivity contribution < 1.29 is 13.7 Å². The monoisotopic (exact) mass is 282 g/mol. The third kappa shape index (κ3) is 2.73. The van der Waals surface area contributed by atoms with E-state index in [1.165, 1.54) is 0 Å². The minimum atomic E-state index is -1.25. The van der Waals surface area contributed by atoms with Gasteiger partial charge in [0.2, 0.25) is 0 Å². The van der Waals surface area contributed by atoms with E-state index in [4.69, 9.17) is 0 Å². The first kappa shape index (κ1) is 13.9. The van der Waals surface area contributed by atoms with Crippen LogP contribution in [0.3, 0.4) is 0 Å². The molecule has 0 unspecified atom stereocenters. The molecule has 1 N–H and O–H groups in total. The highest BCUT2D eigenvalue weighted by atomic mass is 19.2. The van der Waals surface area contributed by atoms with Gasteiger partial charge in [-0.3, -0.25) is 14.8 Å². The fourth-order valence-electron chi connectivity index (χ4n) is 1.82. The summed E-state index contributed by atoms with van der Waals surface area (Å²) in [6, 6.07) is 3.45. The van der Waals surface area contributed by atoms with Gasteiger partial charge in [0.25, 0.3) is 5.69 Å². The van der Waals surface area contributed by atoms with Crippen LogP contribution >= 0.6 is 0 Å². The van der Waals surface area contributed by atoms with Gasteiger partial charge in [-0.05, 0) is 12.1 Å². The second-order valence-corrected chi connectivity index (χ2v) is 4.14.